The third-order valence-corrected chi connectivity index (χ3v) is 5.99. The van der Waals surface area contributed by atoms with E-state index in [0.717, 1.165) is 30.5 Å². The van der Waals surface area contributed by atoms with Crippen LogP contribution >= 0.6 is 0 Å². The highest BCUT2D eigenvalue weighted by molar-refractivity contribution is 6.13. The van der Waals surface area contributed by atoms with Gasteiger partial charge in [-0.2, -0.15) is 0 Å². The fourth-order valence-corrected chi connectivity index (χ4v) is 5.10. The Hall–Kier alpha value is -2.37. The van der Waals surface area contributed by atoms with Gasteiger partial charge in [0.25, 0.3) is 0 Å². The first kappa shape index (κ1) is 16.1. The Balaban J connectivity index is 1.97. The zero-order valence-electron chi connectivity index (χ0n) is 14.3. The minimum absolute atomic E-state index is 0.0443. The van der Waals surface area contributed by atoms with Crippen molar-refractivity contribution in [2.24, 2.45) is 22.4 Å². The van der Waals surface area contributed by atoms with Crippen molar-refractivity contribution in [1.29, 1.82) is 0 Å². The number of esters is 2. The van der Waals surface area contributed by atoms with E-state index in [1.54, 1.807) is 0 Å². The van der Waals surface area contributed by atoms with Gasteiger partial charge in [0.05, 0.1) is 25.8 Å². The number of hydrogen-bond acceptors (Lipinski definition) is 6. The number of ether oxygens (including phenoxy) is 2. The van der Waals surface area contributed by atoms with E-state index in [4.69, 9.17) is 14.3 Å². The molecule has 0 radical (unpaired) electrons. The first-order valence-electron chi connectivity index (χ1n) is 8.61. The molecule has 1 aliphatic heterocycles. The lowest BCUT2D eigenvalue weighted by atomic mass is 9.65. The number of carbonyl (C=O) groups excluding carboxylic acids is 2. The average Bonchev–Trinajstić information content (AvgIpc) is 3.22. The summed E-state index contributed by atoms with van der Waals surface area (Å²) in [5.74, 6) is -1.88. The highest BCUT2D eigenvalue weighted by atomic mass is 16.6. The Bertz CT molecular complexity index is 713. The molecular weight excluding hydrogens is 322 g/mol. The Kier molecular flexibility index (Phi) is 3.78. The number of oxime groups is 1. The van der Waals surface area contributed by atoms with Crippen LogP contribution in [0, 0.1) is 17.3 Å². The SMILES string of the molecule is COC(=O)C1(C(=O)OC)[C@H](c2ccccc2)C2=NO[C@@H]3CCC[C@H]1[C@H]23. The summed E-state index contributed by atoms with van der Waals surface area (Å²) in [6, 6.07) is 9.52. The molecule has 3 aliphatic rings. The largest absolute Gasteiger partial charge is 0.468 e. The smallest absolute Gasteiger partial charge is 0.324 e. The first-order chi connectivity index (χ1) is 12.2. The summed E-state index contributed by atoms with van der Waals surface area (Å²) in [7, 11) is 2.64. The summed E-state index contributed by atoms with van der Waals surface area (Å²) in [6.45, 7) is 0. The van der Waals surface area contributed by atoms with Crippen molar-refractivity contribution < 1.29 is 23.9 Å². The standard InChI is InChI=1S/C19H21NO5/c1-23-17(21)19(18(22)24-2)12-9-6-10-13-14(12)16(20-25-13)15(19)11-7-4-3-5-8-11/h3-5,7-8,12-15H,6,9-10H2,1-2H3/t12-,13+,14-,15+/m0/s1. The van der Waals surface area contributed by atoms with Crippen molar-refractivity contribution in [2.45, 2.75) is 31.3 Å². The number of nitrogens with zero attached hydrogens (tertiary/aromatic N) is 1. The normalized spacial score (nSPS) is 31.5. The Morgan fingerprint density at radius 2 is 1.80 bits per heavy atom. The summed E-state index contributed by atoms with van der Waals surface area (Å²) < 4.78 is 10.3. The van der Waals surface area contributed by atoms with Crippen LogP contribution in [0.3, 0.4) is 0 Å². The van der Waals surface area contributed by atoms with Crippen molar-refractivity contribution in [1.82, 2.24) is 0 Å². The maximum Gasteiger partial charge on any atom is 0.324 e. The van der Waals surface area contributed by atoms with E-state index in [0.29, 0.717) is 0 Å². The van der Waals surface area contributed by atoms with Gasteiger partial charge in [0.2, 0.25) is 0 Å². The van der Waals surface area contributed by atoms with Crippen molar-refractivity contribution in [3.05, 3.63) is 35.9 Å². The first-order valence-corrected chi connectivity index (χ1v) is 8.61. The van der Waals surface area contributed by atoms with Gasteiger partial charge in [-0.1, -0.05) is 35.5 Å². The maximum atomic E-state index is 13.0. The molecular formula is C19H21NO5. The number of hydrogen-bond donors (Lipinski definition) is 0. The molecule has 4 atom stereocenters. The fraction of sp³-hybridized carbons (Fsp3) is 0.526. The van der Waals surface area contributed by atoms with E-state index in [9.17, 15) is 9.59 Å². The zero-order chi connectivity index (χ0) is 17.6. The summed E-state index contributed by atoms with van der Waals surface area (Å²) in [6.07, 6.45) is 2.44. The number of rotatable bonds is 3. The molecule has 0 unspecified atom stereocenters. The number of benzene rings is 1. The molecule has 1 aromatic carbocycles. The second-order valence-electron chi connectivity index (χ2n) is 6.92. The van der Waals surface area contributed by atoms with E-state index in [1.165, 1.54) is 14.2 Å². The molecule has 0 bridgehead atoms. The minimum Gasteiger partial charge on any atom is -0.468 e. The van der Waals surface area contributed by atoms with Crippen LogP contribution in [0.2, 0.25) is 0 Å². The predicted octanol–water partition coefficient (Wildman–Crippen LogP) is 2.29. The lowest BCUT2D eigenvalue weighted by Gasteiger charge is -2.38. The summed E-state index contributed by atoms with van der Waals surface area (Å²) in [4.78, 5) is 31.7. The predicted molar refractivity (Wildman–Crippen MR) is 88.8 cm³/mol. The molecule has 2 saturated carbocycles. The van der Waals surface area contributed by atoms with Gasteiger partial charge in [0.15, 0.2) is 5.41 Å². The lowest BCUT2D eigenvalue weighted by Crippen LogP contribution is -2.50. The topological polar surface area (TPSA) is 74.2 Å². The molecule has 0 N–H and O–H groups in total. The average molecular weight is 343 g/mol. The molecule has 25 heavy (non-hydrogen) atoms. The van der Waals surface area contributed by atoms with Crippen molar-refractivity contribution in [3.8, 4) is 0 Å². The molecule has 1 heterocycles. The molecule has 6 heteroatoms. The van der Waals surface area contributed by atoms with Crippen LogP contribution in [0.1, 0.15) is 30.7 Å². The Morgan fingerprint density at radius 3 is 2.44 bits per heavy atom. The van der Waals surface area contributed by atoms with Crippen LogP contribution in [0.5, 0.6) is 0 Å². The second-order valence-corrected chi connectivity index (χ2v) is 6.92. The monoisotopic (exact) mass is 343 g/mol. The van der Waals surface area contributed by atoms with E-state index in [2.05, 4.69) is 5.16 Å². The van der Waals surface area contributed by atoms with Crippen LogP contribution < -0.4 is 0 Å². The number of methoxy groups -OCH3 is 2. The molecule has 0 aromatic heterocycles. The number of carbonyl (C=O) groups is 2. The lowest BCUT2D eigenvalue weighted by molar-refractivity contribution is -0.176. The van der Waals surface area contributed by atoms with Crippen LogP contribution in [-0.2, 0) is 23.9 Å². The molecule has 132 valence electrons. The Labute approximate surface area is 146 Å². The summed E-state index contributed by atoms with van der Waals surface area (Å²) in [5.41, 5.74) is 0.226. The summed E-state index contributed by atoms with van der Waals surface area (Å²) >= 11 is 0. The van der Waals surface area contributed by atoms with Gasteiger partial charge in [-0.25, -0.2) is 0 Å². The summed E-state index contributed by atoms with van der Waals surface area (Å²) in [5, 5.41) is 4.33. The second kappa shape index (κ2) is 5.86. The van der Waals surface area contributed by atoms with Crippen molar-refractivity contribution in [3.63, 3.8) is 0 Å². The van der Waals surface area contributed by atoms with Gasteiger partial charge in [-0.3, -0.25) is 9.59 Å². The van der Waals surface area contributed by atoms with E-state index in [1.807, 2.05) is 30.3 Å². The van der Waals surface area contributed by atoms with Crippen molar-refractivity contribution in [2.75, 3.05) is 14.2 Å². The van der Waals surface area contributed by atoms with Gasteiger partial charge in [-0.05, 0) is 30.7 Å². The van der Waals surface area contributed by atoms with Crippen molar-refractivity contribution >= 4 is 17.7 Å². The van der Waals surface area contributed by atoms with Gasteiger partial charge in [0.1, 0.15) is 6.10 Å². The van der Waals surface area contributed by atoms with Gasteiger partial charge < -0.3 is 14.3 Å². The highest BCUT2D eigenvalue weighted by Crippen LogP contribution is 2.62. The van der Waals surface area contributed by atoms with Crippen LogP contribution in [0.15, 0.2) is 35.5 Å². The molecule has 0 amide bonds. The molecule has 2 fully saturated rings. The molecule has 6 nitrogen and oxygen atoms in total. The third-order valence-electron chi connectivity index (χ3n) is 5.99. The van der Waals surface area contributed by atoms with E-state index < -0.39 is 23.3 Å². The minimum atomic E-state index is -1.41. The zero-order valence-corrected chi connectivity index (χ0v) is 14.3. The van der Waals surface area contributed by atoms with E-state index in [-0.39, 0.29) is 17.9 Å². The molecule has 2 aliphatic carbocycles. The van der Waals surface area contributed by atoms with Crippen LogP contribution in [0.25, 0.3) is 0 Å². The van der Waals surface area contributed by atoms with Gasteiger partial charge >= 0.3 is 11.9 Å². The molecule has 4 rings (SSSR count). The molecule has 0 spiro atoms. The van der Waals surface area contributed by atoms with Crippen LogP contribution in [0.4, 0.5) is 0 Å². The maximum absolute atomic E-state index is 13.0. The fourth-order valence-electron chi connectivity index (χ4n) is 5.10. The highest BCUT2D eigenvalue weighted by Gasteiger charge is 2.72. The molecule has 1 aromatic rings. The van der Waals surface area contributed by atoms with Crippen LogP contribution in [-0.4, -0.2) is 38.0 Å². The quantitative estimate of drug-likeness (QED) is 0.622. The van der Waals surface area contributed by atoms with Gasteiger partial charge in [0, 0.05) is 5.92 Å². The third kappa shape index (κ3) is 2.00. The van der Waals surface area contributed by atoms with Gasteiger partial charge in [-0.15, -0.1) is 0 Å². The molecule has 0 saturated heterocycles. The van der Waals surface area contributed by atoms with E-state index >= 15 is 0 Å². The Morgan fingerprint density at radius 1 is 1.12 bits per heavy atom.